The highest BCUT2D eigenvalue weighted by molar-refractivity contribution is 5.88. The molecule has 0 fully saturated rings. The van der Waals surface area contributed by atoms with Crippen LogP contribution in [0.5, 0.6) is 0 Å². The van der Waals surface area contributed by atoms with E-state index in [1.807, 2.05) is 61.5 Å². The molecule has 0 aliphatic rings. The van der Waals surface area contributed by atoms with Gasteiger partial charge in [-0.15, -0.1) is 0 Å². The van der Waals surface area contributed by atoms with Crippen molar-refractivity contribution in [3.8, 4) is 0 Å². The van der Waals surface area contributed by atoms with Gasteiger partial charge in [-0.1, -0.05) is 110 Å². The lowest BCUT2D eigenvalue weighted by Gasteiger charge is -2.33. The van der Waals surface area contributed by atoms with Gasteiger partial charge in [0.05, 0.1) is 12.0 Å². The van der Waals surface area contributed by atoms with Crippen molar-refractivity contribution in [3.05, 3.63) is 119 Å². The van der Waals surface area contributed by atoms with E-state index in [0.717, 1.165) is 29.5 Å². The normalized spacial score (nSPS) is 11.9. The van der Waals surface area contributed by atoms with Crippen molar-refractivity contribution in [2.75, 3.05) is 6.61 Å². The molecule has 0 saturated carbocycles. The number of allylic oxidation sites excluding steroid dienone is 1. The molecule has 0 heterocycles. The van der Waals surface area contributed by atoms with E-state index in [0.29, 0.717) is 12.2 Å². The number of ether oxygens (including phenoxy) is 1. The lowest BCUT2D eigenvalue weighted by Crippen LogP contribution is -2.28. The molecule has 0 N–H and O–H groups in total. The Morgan fingerprint density at radius 3 is 1.59 bits per heavy atom. The number of hydrogen-bond donors (Lipinski definition) is 0. The highest BCUT2D eigenvalue weighted by atomic mass is 16.5. The molecule has 3 aromatic rings. The van der Waals surface area contributed by atoms with Crippen LogP contribution in [0, 0.1) is 0 Å². The van der Waals surface area contributed by atoms with E-state index in [1.54, 1.807) is 0 Å². The Labute approximate surface area is 173 Å². The lowest BCUT2D eigenvalue weighted by atomic mass is 9.68. The summed E-state index contributed by atoms with van der Waals surface area (Å²) in [6, 6.07) is 31.0. The van der Waals surface area contributed by atoms with Gasteiger partial charge in [0.25, 0.3) is 0 Å². The summed E-state index contributed by atoms with van der Waals surface area (Å²) in [6.45, 7) is 4.38. The summed E-state index contributed by atoms with van der Waals surface area (Å²) in [7, 11) is 0. The Kier molecular flexibility index (Phi) is 7.02. The van der Waals surface area contributed by atoms with Gasteiger partial charge in [0.15, 0.2) is 0 Å². The molecule has 0 saturated heterocycles. The van der Waals surface area contributed by atoms with E-state index in [9.17, 15) is 4.79 Å². The van der Waals surface area contributed by atoms with Crippen molar-refractivity contribution >= 4 is 5.97 Å². The number of carbonyl (C=O) groups is 1. The molecule has 0 amide bonds. The van der Waals surface area contributed by atoms with E-state index in [4.69, 9.17) is 4.74 Å². The predicted molar refractivity (Wildman–Crippen MR) is 119 cm³/mol. The summed E-state index contributed by atoms with van der Waals surface area (Å²) in [6.07, 6.45) is 3.93. The van der Waals surface area contributed by atoms with Crippen molar-refractivity contribution in [2.45, 2.75) is 32.1 Å². The molecular weight excluding hydrogens is 356 g/mol. The van der Waals surface area contributed by atoms with Gasteiger partial charge >= 0.3 is 5.97 Å². The molecule has 148 valence electrons. The van der Waals surface area contributed by atoms with Crippen LogP contribution in [-0.2, 0) is 14.9 Å². The van der Waals surface area contributed by atoms with Gasteiger partial charge in [-0.25, -0.2) is 4.79 Å². The third kappa shape index (κ3) is 4.65. The molecule has 0 radical (unpaired) electrons. The molecule has 2 nitrogen and oxygen atoms in total. The van der Waals surface area contributed by atoms with Crippen LogP contribution in [0.2, 0.25) is 0 Å². The number of hydrogen-bond acceptors (Lipinski definition) is 2. The lowest BCUT2D eigenvalue weighted by molar-refractivity contribution is -0.139. The Morgan fingerprint density at radius 1 is 0.793 bits per heavy atom. The Bertz CT molecular complexity index is 831. The summed E-state index contributed by atoms with van der Waals surface area (Å²) in [5, 5.41) is 0. The monoisotopic (exact) mass is 384 g/mol. The number of esters is 1. The molecule has 0 unspecified atom stereocenters. The smallest absolute Gasteiger partial charge is 0.333 e. The fourth-order valence-corrected chi connectivity index (χ4v) is 3.66. The maximum Gasteiger partial charge on any atom is 0.333 e. The van der Waals surface area contributed by atoms with Gasteiger partial charge in [0, 0.05) is 5.57 Å². The number of benzene rings is 3. The second kappa shape index (κ2) is 9.88. The van der Waals surface area contributed by atoms with Crippen LogP contribution >= 0.6 is 0 Å². The minimum absolute atomic E-state index is 0.259. The minimum Gasteiger partial charge on any atom is -0.462 e. The van der Waals surface area contributed by atoms with Crippen molar-refractivity contribution in [3.63, 3.8) is 0 Å². The van der Waals surface area contributed by atoms with Crippen molar-refractivity contribution in [1.82, 2.24) is 0 Å². The molecule has 2 heteroatoms. The molecule has 29 heavy (non-hydrogen) atoms. The third-order valence-electron chi connectivity index (χ3n) is 5.17. The maximum atomic E-state index is 12.7. The Hall–Kier alpha value is -3.13. The number of rotatable bonds is 8. The molecular formula is C27H28O2. The largest absolute Gasteiger partial charge is 0.462 e. The summed E-state index contributed by atoms with van der Waals surface area (Å²) >= 11 is 0. The number of carbonyl (C=O) groups excluding carboxylic acids is 1. The predicted octanol–water partition coefficient (Wildman–Crippen LogP) is 6.31. The molecule has 0 spiro atoms. The molecule has 0 aliphatic heterocycles. The van der Waals surface area contributed by atoms with Crippen LogP contribution < -0.4 is 0 Å². The van der Waals surface area contributed by atoms with Crippen molar-refractivity contribution in [2.24, 2.45) is 0 Å². The maximum absolute atomic E-state index is 12.7. The molecule has 0 aromatic heterocycles. The second-order valence-corrected chi connectivity index (χ2v) is 7.22. The standard InChI is InChI=1S/C27H28O2/c1-3-4-20-29-26(28)22(2)21-27(23-14-8-5-9-15-23,24-16-10-6-11-17-24)25-18-12-7-13-19-25/h5-19,21H,3-4,20H2,1-2H3. The van der Waals surface area contributed by atoms with Crippen LogP contribution in [-0.4, -0.2) is 12.6 Å². The van der Waals surface area contributed by atoms with Gasteiger partial charge in [-0.05, 0) is 30.0 Å². The highest BCUT2D eigenvalue weighted by Crippen LogP contribution is 2.41. The summed E-state index contributed by atoms with van der Waals surface area (Å²) < 4.78 is 5.49. The Balaban J connectivity index is 2.20. The zero-order chi connectivity index (χ0) is 20.5. The minimum atomic E-state index is -0.586. The van der Waals surface area contributed by atoms with E-state index in [2.05, 4.69) is 49.4 Å². The van der Waals surface area contributed by atoms with Crippen LogP contribution in [0.4, 0.5) is 0 Å². The van der Waals surface area contributed by atoms with E-state index in [1.165, 1.54) is 0 Å². The fraction of sp³-hybridized carbons (Fsp3) is 0.222. The van der Waals surface area contributed by atoms with Gasteiger partial charge < -0.3 is 4.74 Å². The zero-order valence-electron chi connectivity index (χ0n) is 17.2. The van der Waals surface area contributed by atoms with E-state index < -0.39 is 5.41 Å². The molecule has 3 aromatic carbocycles. The summed E-state index contributed by atoms with van der Waals surface area (Å²) in [4.78, 5) is 12.7. The first-order chi connectivity index (χ1) is 14.2. The van der Waals surface area contributed by atoms with Crippen LogP contribution in [0.15, 0.2) is 103 Å². The van der Waals surface area contributed by atoms with Gasteiger partial charge in [0.2, 0.25) is 0 Å². The van der Waals surface area contributed by atoms with Crippen molar-refractivity contribution in [1.29, 1.82) is 0 Å². The molecule has 3 rings (SSSR count). The Morgan fingerprint density at radius 2 is 1.21 bits per heavy atom. The third-order valence-corrected chi connectivity index (χ3v) is 5.17. The summed E-state index contributed by atoms with van der Waals surface area (Å²) in [5.74, 6) is -0.259. The SMILES string of the molecule is CCCCOC(=O)C(C)=CC(c1ccccc1)(c1ccccc1)c1ccccc1. The molecule has 0 aliphatic carbocycles. The molecule has 0 bridgehead atoms. The fourth-order valence-electron chi connectivity index (χ4n) is 3.66. The first-order valence-electron chi connectivity index (χ1n) is 10.2. The topological polar surface area (TPSA) is 26.3 Å². The highest BCUT2D eigenvalue weighted by Gasteiger charge is 2.35. The van der Waals surface area contributed by atoms with E-state index in [-0.39, 0.29) is 5.97 Å². The van der Waals surface area contributed by atoms with E-state index >= 15 is 0 Å². The van der Waals surface area contributed by atoms with Crippen LogP contribution in [0.3, 0.4) is 0 Å². The average Bonchev–Trinajstić information content (AvgIpc) is 2.79. The average molecular weight is 385 g/mol. The quantitative estimate of drug-likeness (QED) is 0.197. The van der Waals surface area contributed by atoms with Crippen LogP contribution in [0.25, 0.3) is 0 Å². The first-order valence-corrected chi connectivity index (χ1v) is 10.2. The van der Waals surface area contributed by atoms with Gasteiger partial charge in [0.1, 0.15) is 0 Å². The van der Waals surface area contributed by atoms with Crippen molar-refractivity contribution < 1.29 is 9.53 Å². The molecule has 0 atom stereocenters. The first kappa shape index (κ1) is 20.6. The van der Waals surface area contributed by atoms with Crippen LogP contribution in [0.1, 0.15) is 43.4 Å². The van der Waals surface area contributed by atoms with Gasteiger partial charge in [-0.2, -0.15) is 0 Å². The number of unbranched alkanes of at least 4 members (excludes halogenated alkanes) is 1. The van der Waals surface area contributed by atoms with Gasteiger partial charge in [-0.3, -0.25) is 0 Å². The second-order valence-electron chi connectivity index (χ2n) is 7.22. The summed E-state index contributed by atoms with van der Waals surface area (Å²) in [5.41, 5.74) is 3.35. The zero-order valence-corrected chi connectivity index (χ0v) is 17.2.